The number of hydrogen-bond donors (Lipinski definition) is 0. The molecular formula is C11H10N2O3. The maximum absolute atomic E-state index is 11.7. The molecule has 0 unspecified atom stereocenters. The quantitative estimate of drug-likeness (QED) is 0.189. The molecule has 0 aromatic heterocycles. The minimum atomic E-state index is -0.932. The fourth-order valence-electron chi connectivity index (χ4n) is 1.10. The zero-order valence-corrected chi connectivity index (χ0v) is 8.71. The van der Waals surface area contributed by atoms with Gasteiger partial charge in [-0.15, -0.1) is 0 Å². The Balaban J connectivity index is 2.96. The van der Waals surface area contributed by atoms with Crippen LogP contribution in [0.2, 0.25) is 0 Å². The summed E-state index contributed by atoms with van der Waals surface area (Å²) in [4.78, 5) is 25.6. The third-order valence-electron chi connectivity index (χ3n) is 1.82. The Hall–Kier alpha value is -2.26. The van der Waals surface area contributed by atoms with Gasteiger partial charge in [-0.25, -0.2) is 4.79 Å². The van der Waals surface area contributed by atoms with E-state index in [1.165, 1.54) is 12.1 Å². The third kappa shape index (κ3) is 2.62. The number of esters is 1. The number of rotatable bonds is 4. The molecule has 0 aliphatic heterocycles. The molecule has 0 saturated carbocycles. The van der Waals surface area contributed by atoms with Crippen LogP contribution in [0, 0.1) is 0 Å². The van der Waals surface area contributed by atoms with Crippen LogP contribution in [0.3, 0.4) is 0 Å². The molecule has 0 N–H and O–H groups in total. The number of benzene rings is 1. The van der Waals surface area contributed by atoms with E-state index in [1.807, 2.05) is 0 Å². The molecule has 5 nitrogen and oxygen atoms in total. The van der Waals surface area contributed by atoms with Crippen molar-refractivity contribution < 1.29 is 19.1 Å². The smallest absolute Gasteiger partial charge is 0.446 e. The predicted molar refractivity (Wildman–Crippen MR) is 56.0 cm³/mol. The molecule has 0 heterocycles. The van der Waals surface area contributed by atoms with Crippen molar-refractivity contribution in [3.8, 4) is 0 Å². The monoisotopic (exact) mass is 218 g/mol. The predicted octanol–water partition coefficient (Wildman–Crippen LogP) is 1.10. The summed E-state index contributed by atoms with van der Waals surface area (Å²) in [5, 5.41) is 0. The minimum Gasteiger partial charge on any atom is -0.457 e. The van der Waals surface area contributed by atoms with Gasteiger partial charge in [0.2, 0.25) is 0 Å². The van der Waals surface area contributed by atoms with Crippen LogP contribution in [-0.4, -0.2) is 28.9 Å². The Kier molecular flexibility index (Phi) is 4.12. The van der Waals surface area contributed by atoms with Gasteiger partial charge in [0.1, 0.15) is 0 Å². The average Bonchev–Trinajstić information content (AvgIpc) is 2.31. The fourth-order valence-corrected chi connectivity index (χ4v) is 1.10. The second kappa shape index (κ2) is 5.58. The van der Waals surface area contributed by atoms with E-state index >= 15 is 0 Å². The van der Waals surface area contributed by atoms with Gasteiger partial charge >= 0.3 is 11.7 Å². The van der Waals surface area contributed by atoms with Crippen LogP contribution >= 0.6 is 0 Å². The van der Waals surface area contributed by atoms with Crippen molar-refractivity contribution in [3.05, 3.63) is 41.4 Å². The highest BCUT2D eigenvalue weighted by Crippen LogP contribution is 2.01. The number of carbonyl (C=O) groups is 2. The van der Waals surface area contributed by atoms with Gasteiger partial charge in [-0.1, -0.05) is 30.3 Å². The van der Waals surface area contributed by atoms with E-state index in [-0.39, 0.29) is 12.2 Å². The van der Waals surface area contributed by atoms with Gasteiger partial charge in [0.25, 0.3) is 5.78 Å². The van der Waals surface area contributed by atoms with Crippen LogP contribution < -0.4 is 0 Å². The molecule has 0 aliphatic rings. The zero-order chi connectivity index (χ0) is 12.0. The lowest BCUT2D eigenvalue weighted by Gasteiger charge is -1.97. The van der Waals surface area contributed by atoms with E-state index in [1.54, 1.807) is 25.1 Å². The summed E-state index contributed by atoms with van der Waals surface area (Å²) in [6, 6.07) is 8.07. The van der Waals surface area contributed by atoms with E-state index in [2.05, 4.69) is 9.53 Å². The summed E-state index contributed by atoms with van der Waals surface area (Å²) in [6.45, 7) is 1.71. The van der Waals surface area contributed by atoms with Crippen LogP contribution in [0.4, 0.5) is 0 Å². The number of nitrogens with zero attached hydrogens (tertiary/aromatic N) is 2. The Bertz CT molecular complexity index is 448. The number of ketones is 1. The summed E-state index contributed by atoms with van der Waals surface area (Å²) in [5.74, 6) is -1.60. The van der Waals surface area contributed by atoms with E-state index in [4.69, 9.17) is 5.53 Å². The second-order valence-corrected chi connectivity index (χ2v) is 2.86. The van der Waals surface area contributed by atoms with Crippen molar-refractivity contribution in [1.82, 2.24) is 0 Å². The SMILES string of the molecule is CCOC(=O)C(=[N+]=[N-])C(=O)c1ccccc1. The molecule has 0 fully saturated rings. The molecule has 0 atom stereocenters. The molecule has 1 aromatic rings. The van der Waals surface area contributed by atoms with Crippen LogP contribution in [0.5, 0.6) is 0 Å². The van der Waals surface area contributed by atoms with E-state index in [0.717, 1.165) is 0 Å². The van der Waals surface area contributed by atoms with E-state index in [0.29, 0.717) is 0 Å². The Morgan fingerprint density at radius 2 is 1.94 bits per heavy atom. The Morgan fingerprint density at radius 3 is 2.44 bits per heavy atom. The van der Waals surface area contributed by atoms with Gasteiger partial charge in [0, 0.05) is 5.56 Å². The third-order valence-corrected chi connectivity index (χ3v) is 1.82. The number of Topliss-reactive ketones (excluding diaryl/α,β-unsaturated/α-hetero) is 1. The van der Waals surface area contributed by atoms with Crippen molar-refractivity contribution >= 4 is 17.5 Å². The minimum absolute atomic E-state index is 0.111. The molecule has 0 radical (unpaired) electrons. The lowest BCUT2D eigenvalue weighted by atomic mass is 10.1. The number of hydrogen-bond acceptors (Lipinski definition) is 3. The van der Waals surface area contributed by atoms with E-state index in [9.17, 15) is 9.59 Å². The molecule has 0 bridgehead atoms. The Morgan fingerprint density at radius 1 is 1.31 bits per heavy atom. The van der Waals surface area contributed by atoms with Gasteiger partial charge in [-0.05, 0) is 6.92 Å². The van der Waals surface area contributed by atoms with E-state index < -0.39 is 17.5 Å². The van der Waals surface area contributed by atoms with Gasteiger partial charge in [0.05, 0.1) is 6.61 Å². The first-order chi connectivity index (χ1) is 7.70. The standard InChI is InChI=1S/C11H10N2O3/c1-2-16-11(15)9(13-12)10(14)8-6-4-3-5-7-8/h3-7H,2H2,1H3. The van der Waals surface area contributed by atoms with Crippen LogP contribution in [0.15, 0.2) is 30.3 Å². The molecule has 0 aliphatic carbocycles. The zero-order valence-electron chi connectivity index (χ0n) is 8.71. The summed E-state index contributed by atoms with van der Waals surface area (Å²) >= 11 is 0. The number of ether oxygens (including phenoxy) is 1. The van der Waals surface area contributed by atoms with Crippen molar-refractivity contribution in [3.63, 3.8) is 0 Å². The first-order valence-corrected chi connectivity index (χ1v) is 4.69. The van der Waals surface area contributed by atoms with Crippen molar-refractivity contribution in [2.75, 3.05) is 6.61 Å². The summed E-state index contributed by atoms with van der Waals surface area (Å²) in [5.41, 5.74) is 8.27. The summed E-state index contributed by atoms with van der Waals surface area (Å²) in [6.07, 6.45) is 0. The van der Waals surface area contributed by atoms with Crippen molar-refractivity contribution in [1.29, 1.82) is 0 Å². The summed E-state index contributed by atoms with van der Waals surface area (Å²) in [7, 11) is 0. The van der Waals surface area contributed by atoms with Gasteiger partial charge in [-0.2, -0.15) is 4.79 Å². The number of carbonyl (C=O) groups excluding carboxylic acids is 2. The molecule has 1 aromatic carbocycles. The largest absolute Gasteiger partial charge is 0.457 e. The fraction of sp³-hybridized carbons (Fsp3) is 0.182. The van der Waals surface area contributed by atoms with Gasteiger partial charge < -0.3 is 10.3 Å². The first kappa shape index (κ1) is 11.8. The molecular weight excluding hydrogens is 208 g/mol. The van der Waals surface area contributed by atoms with Crippen LogP contribution in [-0.2, 0) is 9.53 Å². The second-order valence-electron chi connectivity index (χ2n) is 2.86. The Labute approximate surface area is 92.3 Å². The molecule has 82 valence electrons. The van der Waals surface area contributed by atoms with Crippen LogP contribution in [0.25, 0.3) is 5.53 Å². The van der Waals surface area contributed by atoms with Crippen molar-refractivity contribution in [2.45, 2.75) is 6.92 Å². The van der Waals surface area contributed by atoms with Crippen LogP contribution in [0.1, 0.15) is 17.3 Å². The lowest BCUT2D eigenvalue weighted by molar-refractivity contribution is -0.139. The topological polar surface area (TPSA) is 79.8 Å². The molecule has 5 heteroatoms. The maximum atomic E-state index is 11.7. The highest BCUT2D eigenvalue weighted by Gasteiger charge is 2.31. The first-order valence-electron chi connectivity index (χ1n) is 4.69. The molecule has 0 spiro atoms. The van der Waals surface area contributed by atoms with Gasteiger partial charge in [-0.3, -0.25) is 4.79 Å². The lowest BCUT2D eigenvalue weighted by Crippen LogP contribution is -2.27. The normalized spacial score (nSPS) is 9.06. The highest BCUT2D eigenvalue weighted by atomic mass is 16.5. The van der Waals surface area contributed by atoms with Gasteiger partial charge in [0.15, 0.2) is 0 Å². The highest BCUT2D eigenvalue weighted by molar-refractivity contribution is 6.65. The molecule has 0 saturated heterocycles. The van der Waals surface area contributed by atoms with Crippen molar-refractivity contribution in [2.24, 2.45) is 0 Å². The molecule has 1 rings (SSSR count). The molecule has 0 amide bonds. The summed E-state index contributed by atoms with van der Waals surface area (Å²) < 4.78 is 4.59. The average molecular weight is 218 g/mol. The maximum Gasteiger partial charge on any atom is 0.446 e. The molecule has 16 heavy (non-hydrogen) atoms.